The highest BCUT2D eigenvalue weighted by Crippen LogP contribution is 1.94. The summed E-state index contributed by atoms with van der Waals surface area (Å²) in [5.41, 5.74) is 0. The molecule has 0 radical (unpaired) electrons. The maximum atomic E-state index is 10.8. The lowest BCUT2D eigenvalue weighted by molar-refractivity contribution is -0.132. The predicted octanol–water partition coefficient (Wildman–Crippen LogP) is 4.15. The van der Waals surface area contributed by atoms with Gasteiger partial charge in [-0.2, -0.15) is 0 Å². The Morgan fingerprint density at radius 1 is 0.800 bits per heavy atom. The molecular formula is C16H42N2O2. The van der Waals surface area contributed by atoms with E-state index in [9.17, 15) is 9.59 Å². The first-order valence-corrected chi connectivity index (χ1v) is 5.55. The molecule has 0 rings (SSSR count). The standard InChI is InChI=1S/2C6H13NO.4CH4/c1-5(2)6(8)7(3)4;1-5(2)7(4)6(3)8;;;;/h2*5H,1-4H3;4*1H4. The molecule has 4 heteroatoms. The van der Waals surface area contributed by atoms with E-state index in [0.717, 1.165) is 0 Å². The molecule has 128 valence electrons. The SMILES string of the molecule is C.C.C.C.CC(=O)N(C)C(C)C.CC(C)C(=O)N(C)C. The van der Waals surface area contributed by atoms with E-state index in [0.29, 0.717) is 6.04 Å². The fourth-order valence-corrected chi connectivity index (χ4v) is 0.880. The summed E-state index contributed by atoms with van der Waals surface area (Å²) >= 11 is 0. The zero-order valence-corrected chi connectivity index (χ0v) is 11.9. The number of rotatable bonds is 2. The van der Waals surface area contributed by atoms with Crippen LogP contribution in [0.3, 0.4) is 0 Å². The molecule has 0 heterocycles. The first-order chi connectivity index (χ1) is 7.11. The van der Waals surface area contributed by atoms with E-state index < -0.39 is 0 Å². The van der Waals surface area contributed by atoms with Gasteiger partial charge in [0.2, 0.25) is 11.8 Å². The van der Waals surface area contributed by atoms with E-state index in [2.05, 4.69) is 0 Å². The average Bonchev–Trinajstić information content (AvgIpc) is 2.15. The molecule has 0 aromatic carbocycles. The molecule has 0 fully saturated rings. The summed E-state index contributed by atoms with van der Waals surface area (Å²) in [7, 11) is 5.33. The third-order valence-electron chi connectivity index (χ3n) is 2.21. The minimum Gasteiger partial charge on any atom is -0.349 e. The van der Waals surface area contributed by atoms with Crippen molar-refractivity contribution in [1.82, 2.24) is 9.80 Å². The van der Waals surface area contributed by atoms with Crippen molar-refractivity contribution < 1.29 is 9.59 Å². The summed E-state index contributed by atoms with van der Waals surface area (Å²) in [4.78, 5) is 24.6. The van der Waals surface area contributed by atoms with Crippen molar-refractivity contribution in [3.8, 4) is 0 Å². The van der Waals surface area contributed by atoms with Crippen molar-refractivity contribution in [2.75, 3.05) is 21.1 Å². The van der Waals surface area contributed by atoms with Crippen LogP contribution < -0.4 is 0 Å². The maximum Gasteiger partial charge on any atom is 0.224 e. The van der Waals surface area contributed by atoms with Gasteiger partial charge < -0.3 is 9.80 Å². The van der Waals surface area contributed by atoms with Crippen LogP contribution in [0, 0.1) is 5.92 Å². The van der Waals surface area contributed by atoms with Crippen LogP contribution in [0.5, 0.6) is 0 Å². The molecule has 0 aliphatic rings. The van der Waals surface area contributed by atoms with Gasteiger partial charge in [-0.25, -0.2) is 0 Å². The van der Waals surface area contributed by atoms with E-state index in [1.807, 2.05) is 27.7 Å². The maximum absolute atomic E-state index is 10.8. The van der Waals surface area contributed by atoms with Crippen molar-refractivity contribution in [3.05, 3.63) is 0 Å². The quantitative estimate of drug-likeness (QED) is 0.767. The topological polar surface area (TPSA) is 40.6 Å². The molecule has 0 atom stereocenters. The highest BCUT2D eigenvalue weighted by atomic mass is 16.2. The van der Waals surface area contributed by atoms with Gasteiger partial charge in [0, 0.05) is 40.0 Å². The average molecular weight is 295 g/mol. The van der Waals surface area contributed by atoms with E-state index in [-0.39, 0.29) is 47.4 Å². The lowest BCUT2D eigenvalue weighted by Crippen LogP contribution is -2.30. The Kier molecular flexibility index (Phi) is 32.7. The Bertz CT molecular complexity index is 215. The minimum atomic E-state index is 0. The van der Waals surface area contributed by atoms with Gasteiger partial charge in [0.1, 0.15) is 0 Å². The van der Waals surface area contributed by atoms with Gasteiger partial charge in [0.25, 0.3) is 0 Å². The van der Waals surface area contributed by atoms with E-state index in [1.54, 1.807) is 37.9 Å². The Hall–Kier alpha value is -1.06. The Balaban J connectivity index is -0.0000000408. The molecule has 20 heavy (non-hydrogen) atoms. The number of amides is 2. The molecule has 0 aromatic heterocycles. The van der Waals surface area contributed by atoms with Crippen LogP contribution in [-0.2, 0) is 9.59 Å². The summed E-state index contributed by atoms with van der Waals surface area (Å²) in [6.45, 7) is 9.33. The molecule has 0 spiro atoms. The van der Waals surface area contributed by atoms with Crippen molar-refractivity contribution in [2.24, 2.45) is 5.92 Å². The number of carbonyl (C=O) groups is 2. The molecule has 0 aromatic rings. The molecular weight excluding hydrogens is 252 g/mol. The summed E-state index contributed by atoms with van der Waals surface area (Å²) < 4.78 is 0. The first-order valence-electron chi connectivity index (χ1n) is 5.55. The van der Waals surface area contributed by atoms with Gasteiger partial charge in [0.15, 0.2) is 0 Å². The molecule has 0 N–H and O–H groups in total. The first kappa shape index (κ1) is 36.4. The second kappa shape index (κ2) is 17.9. The normalized spacial score (nSPS) is 7.70. The molecule has 0 saturated carbocycles. The largest absolute Gasteiger partial charge is 0.349 e. The number of hydrogen-bond donors (Lipinski definition) is 0. The molecule has 0 aliphatic carbocycles. The Morgan fingerprint density at radius 3 is 1.10 bits per heavy atom. The lowest BCUT2D eigenvalue weighted by atomic mass is 10.2. The van der Waals surface area contributed by atoms with Crippen molar-refractivity contribution in [1.29, 1.82) is 0 Å². The van der Waals surface area contributed by atoms with Gasteiger partial charge in [-0.15, -0.1) is 0 Å². The van der Waals surface area contributed by atoms with Crippen LogP contribution in [0.15, 0.2) is 0 Å². The van der Waals surface area contributed by atoms with Crippen LogP contribution in [0.25, 0.3) is 0 Å². The van der Waals surface area contributed by atoms with Crippen LogP contribution in [0.4, 0.5) is 0 Å². The van der Waals surface area contributed by atoms with Crippen molar-refractivity contribution in [3.63, 3.8) is 0 Å². The van der Waals surface area contributed by atoms with Crippen LogP contribution in [0.1, 0.15) is 64.3 Å². The molecule has 0 unspecified atom stereocenters. The van der Waals surface area contributed by atoms with Crippen molar-refractivity contribution in [2.45, 2.75) is 70.4 Å². The van der Waals surface area contributed by atoms with Crippen LogP contribution >= 0.6 is 0 Å². The van der Waals surface area contributed by atoms with E-state index >= 15 is 0 Å². The van der Waals surface area contributed by atoms with Crippen molar-refractivity contribution >= 4 is 11.8 Å². The van der Waals surface area contributed by atoms with E-state index in [1.165, 1.54) is 0 Å². The number of carbonyl (C=O) groups excluding carboxylic acids is 2. The third kappa shape index (κ3) is 19.3. The Labute approximate surface area is 129 Å². The van der Waals surface area contributed by atoms with Gasteiger partial charge >= 0.3 is 0 Å². The zero-order chi connectivity index (χ0) is 13.5. The molecule has 0 saturated heterocycles. The summed E-state index contributed by atoms with van der Waals surface area (Å²) in [6.07, 6.45) is 0. The molecule has 0 aliphatic heterocycles. The third-order valence-corrected chi connectivity index (χ3v) is 2.21. The van der Waals surface area contributed by atoms with Gasteiger partial charge in [-0.1, -0.05) is 43.6 Å². The fraction of sp³-hybridized carbons (Fsp3) is 0.875. The van der Waals surface area contributed by atoms with E-state index in [4.69, 9.17) is 0 Å². The zero-order valence-electron chi connectivity index (χ0n) is 11.9. The van der Waals surface area contributed by atoms with Gasteiger partial charge in [-0.05, 0) is 13.8 Å². The molecule has 0 bridgehead atoms. The summed E-state index contributed by atoms with van der Waals surface area (Å²) in [5, 5.41) is 0. The number of nitrogens with zero attached hydrogens (tertiary/aromatic N) is 2. The second-order valence-electron chi connectivity index (χ2n) is 4.61. The summed E-state index contributed by atoms with van der Waals surface area (Å²) in [5.74, 6) is 0.440. The summed E-state index contributed by atoms with van der Waals surface area (Å²) in [6, 6.07) is 0.326. The van der Waals surface area contributed by atoms with Crippen LogP contribution in [-0.4, -0.2) is 48.8 Å². The highest BCUT2D eigenvalue weighted by Gasteiger charge is 2.07. The Morgan fingerprint density at radius 2 is 1.10 bits per heavy atom. The molecule has 4 nitrogen and oxygen atoms in total. The lowest BCUT2D eigenvalue weighted by Gasteiger charge is -2.18. The minimum absolute atomic E-state index is 0. The smallest absolute Gasteiger partial charge is 0.224 e. The van der Waals surface area contributed by atoms with Gasteiger partial charge in [-0.3, -0.25) is 9.59 Å². The second-order valence-corrected chi connectivity index (χ2v) is 4.61. The highest BCUT2D eigenvalue weighted by molar-refractivity contribution is 5.77. The molecule has 2 amide bonds. The number of hydrogen-bond acceptors (Lipinski definition) is 2. The van der Waals surface area contributed by atoms with Gasteiger partial charge in [0.05, 0.1) is 0 Å². The van der Waals surface area contributed by atoms with Crippen LogP contribution in [0.2, 0.25) is 0 Å². The fourth-order valence-electron chi connectivity index (χ4n) is 0.880. The monoisotopic (exact) mass is 294 g/mol. The predicted molar refractivity (Wildman–Crippen MR) is 94.0 cm³/mol.